The molecule has 0 saturated heterocycles. The number of Topliss-reactive ketones (excluding diaryl/α,β-unsaturated/α-hetero) is 1. The Balaban J connectivity index is 0.000000293. The zero-order chi connectivity index (χ0) is 64.4. The molecule has 0 saturated carbocycles. The first-order valence-electron chi connectivity index (χ1n) is 30.1. The number of carbonyl (C=O) groups excluding carboxylic acids is 3. The highest BCUT2D eigenvalue weighted by atomic mass is 79.9. The fraction of sp³-hybridized carbons (Fsp3) is 0.470. The summed E-state index contributed by atoms with van der Waals surface area (Å²) in [4.78, 5) is 51.4. The number of hydrogen-bond acceptors (Lipinski definition) is 11. The number of hydrogen-bond donors (Lipinski definition) is 10. The van der Waals surface area contributed by atoms with Gasteiger partial charge in [-0.25, -0.2) is 9.59 Å². The van der Waals surface area contributed by atoms with Gasteiger partial charge in [-0.1, -0.05) is 77.6 Å². The van der Waals surface area contributed by atoms with Gasteiger partial charge in [0, 0.05) is 169 Å². The van der Waals surface area contributed by atoms with E-state index in [2.05, 4.69) is 212 Å². The Kier molecular flexibility index (Phi) is 34.2. The SMILES string of the molecule is CC(=O)c1cc2cc(Br)ccc2[nH]1.CCN(CCN)C(=O)OC(C)(C)C.CCN(CCNC(C)c1cc2cc(Br)ccc2[nH]1)C(=O)OC(C)(C)C.CCNCCNC(C)c1cc2cc(Br)ccc2[nH]1.CCNCCNC(C)c1cc2cc(Br)ccc2[nH]1.Cl. The molecular weight excluding hydrogens is 1400 g/mol. The number of halogens is 5. The number of amides is 2. The zero-order valence-corrected chi connectivity index (χ0v) is 61.0. The summed E-state index contributed by atoms with van der Waals surface area (Å²) in [6, 6.07) is 34.0. The molecule has 0 aliphatic rings. The number of ketones is 1. The van der Waals surface area contributed by atoms with E-state index in [1.165, 1.54) is 38.6 Å². The van der Waals surface area contributed by atoms with E-state index in [1.807, 2.05) is 85.7 Å². The van der Waals surface area contributed by atoms with Crippen LogP contribution in [0.15, 0.2) is 115 Å². The molecule has 4 aromatic carbocycles. The highest BCUT2D eigenvalue weighted by Gasteiger charge is 2.22. The minimum absolute atomic E-state index is 0. The van der Waals surface area contributed by atoms with Crippen LogP contribution in [0.25, 0.3) is 43.6 Å². The van der Waals surface area contributed by atoms with Crippen LogP contribution in [0.4, 0.5) is 9.59 Å². The number of carbonyl (C=O) groups is 3. The van der Waals surface area contributed by atoms with E-state index in [0.717, 1.165) is 79.3 Å². The van der Waals surface area contributed by atoms with Gasteiger partial charge in [-0.2, -0.15) is 0 Å². The van der Waals surface area contributed by atoms with Gasteiger partial charge < -0.3 is 71.5 Å². The summed E-state index contributed by atoms with van der Waals surface area (Å²) in [7, 11) is 0. The first-order chi connectivity index (χ1) is 41.2. The average molecular weight is 1490 g/mol. The van der Waals surface area contributed by atoms with Crippen molar-refractivity contribution < 1.29 is 23.9 Å². The highest BCUT2D eigenvalue weighted by molar-refractivity contribution is 9.11. The smallest absolute Gasteiger partial charge is 0.410 e. The van der Waals surface area contributed by atoms with Gasteiger partial charge in [0.2, 0.25) is 0 Å². The third-order valence-electron chi connectivity index (χ3n) is 13.5. The Morgan fingerprint density at radius 3 is 1.11 bits per heavy atom. The van der Waals surface area contributed by atoms with E-state index in [0.29, 0.717) is 57.0 Å². The maximum atomic E-state index is 12.2. The second-order valence-corrected chi connectivity index (χ2v) is 26.6. The summed E-state index contributed by atoms with van der Waals surface area (Å²) < 4.78 is 14.9. The second-order valence-electron chi connectivity index (χ2n) is 23.0. The Morgan fingerprint density at radius 2 is 0.807 bits per heavy atom. The Bertz CT molecular complexity index is 3280. The first kappa shape index (κ1) is 77.5. The molecule has 0 bridgehead atoms. The van der Waals surface area contributed by atoms with Crippen molar-refractivity contribution >= 4 is 138 Å². The summed E-state index contributed by atoms with van der Waals surface area (Å²) in [6.07, 6.45) is -0.555. The van der Waals surface area contributed by atoms with Gasteiger partial charge in [0.25, 0.3) is 0 Å². The van der Waals surface area contributed by atoms with Crippen LogP contribution in [0.1, 0.15) is 143 Å². The normalized spacial score (nSPS) is 12.3. The fourth-order valence-electron chi connectivity index (χ4n) is 8.79. The molecule has 8 aromatic rings. The van der Waals surface area contributed by atoms with Crippen LogP contribution < -0.4 is 32.3 Å². The van der Waals surface area contributed by atoms with Crippen LogP contribution in [-0.2, 0) is 9.47 Å². The number of nitrogens with two attached hydrogens (primary N) is 1. The summed E-state index contributed by atoms with van der Waals surface area (Å²) in [5.41, 5.74) is 13.2. The molecule has 2 amide bonds. The molecule has 0 aliphatic carbocycles. The predicted molar refractivity (Wildman–Crippen MR) is 384 cm³/mol. The van der Waals surface area contributed by atoms with E-state index in [-0.39, 0.29) is 36.4 Å². The van der Waals surface area contributed by atoms with Gasteiger partial charge in [-0.3, -0.25) is 4.79 Å². The molecule has 88 heavy (non-hydrogen) atoms. The lowest BCUT2D eigenvalue weighted by Crippen LogP contribution is -2.40. The van der Waals surface area contributed by atoms with E-state index in [4.69, 9.17) is 15.2 Å². The van der Waals surface area contributed by atoms with Gasteiger partial charge in [0.15, 0.2) is 5.78 Å². The van der Waals surface area contributed by atoms with E-state index in [9.17, 15) is 14.4 Å². The summed E-state index contributed by atoms with van der Waals surface area (Å²) >= 11 is 13.9. The number of H-pyrrole nitrogens is 4. The van der Waals surface area contributed by atoms with E-state index >= 15 is 0 Å². The van der Waals surface area contributed by atoms with Crippen molar-refractivity contribution in [2.24, 2.45) is 5.73 Å². The molecule has 3 unspecified atom stereocenters. The Labute approximate surface area is 562 Å². The molecule has 22 heteroatoms. The highest BCUT2D eigenvalue weighted by Crippen LogP contribution is 2.27. The molecule has 0 aliphatic heterocycles. The number of nitrogens with zero attached hydrogens (tertiary/aromatic N) is 2. The molecular formula is C66H97Br4ClN12O5. The lowest BCUT2D eigenvalue weighted by atomic mass is 10.2. The molecule has 11 N–H and O–H groups in total. The molecule has 0 radical (unpaired) electrons. The summed E-state index contributed by atoms with van der Waals surface area (Å²) in [6.45, 7) is 37.0. The number of ether oxygens (including phenoxy) is 2. The van der Waals surface area contributed by atoms with E-state index < -0.39 is 11.2 Å². The average Bonchev–Trinajstić information content (AvgIpc) is 2.10. The number of nitrogens with one attached hydrogen (secondary N) is 9. The van der Waals surface area contributed by atoms with Crippen molar-refractivity contribution in [3.05, 3.63) is 138 Å². The first-order valence-corrected chi connectivity index (χ1v) is 33.3. The Morgan fingerprint density at radius 1 is 0.489 bits per heavy atom. The van der Waals surface area contributed by atoms with Crippen LogP contribution in [0.5, 0.6) is 0 Å². The van der Waals surface area contributed by atoms with Gasteiger partial charge >= 0.3 is 12.2 Å². The molecule has 4 heterocycles. The van der Waals surface area contributed by atoms with Crippen molar-refractivity contribution in [1.29, 1.82) is 0 Å². The van der Waals surface area contributed by atoms with Crippen molar-refractivity contribution in [1.82, 2.24) is 56.3 Å². The van der Waals surface area contributed by atoms with E-state index in [1.54, 1.807) is 16.7 Å². The second kappa shape index (κ2) is 38.8. The monoisotopic (exact) mass is 1490 g/mol. The number of benzene rings is 4. The maximum Gasteiger partial charge on any atom is 0.410 e. The molecule has 4 aromatic heterocycles. The van der Waals surface area contributed by atoms with Crippen LogP contribution >= 0.6 is 76.1 Å². The predicted octanol–water partition coefficient (Wildman–Crippen LogP) is 16.0. The standard InChI is InChI=1S/C19H28BrN3O2.2C14H20BrN3.C10H8BrNO.C9H20N2O2.ClH/c1-6-23(18(24)25-19(3,4)5)10-9-21-13(2)17-12-14-11-15(20)7-8-16(14)22-17;2*1-3-16-6-7-17-10(2)14-9-11-8-12(15)4-5-13(11)18-14;1-6(13)10-5-7-4-8(11)2-3-9(7)12-10;1-5-11(7-6-10)8(12)13-9(2,3)4;/h7-8,11-13,21-22H,6,9-10H2,1-5H3;2*4-5,8-10,16-18H,3,6-7H2,1-2H3;2-5,12H,1H3;5-7,10H2,1-4H3;1H. The minimum atomic E-state index is -0.468. The molecule has 3 atom stereocenters. The van der Waals surface area contributed by atoms with Crippen molar-refractivity contribution in [3.63, 3.8) is 0 Å². The number of likely N-dealkylation sites (N-methyl/N-ethyl adjacent to an activating group) is 4. The third kappa shape index (κ3) is 27.4. The third-order valence-corrected chi connectivity index (χ3v) is 15.4. The van der Waals surface area contributed by atoms with Crippen molar-refractivity contribution in [3.8, 4) is 0 Å². The lowest BCUT2D eigenvalue weighted by molar-refractivity contribution is 0.0252. The molecule has 486 valence electrons. The summed E-state index contributed by atoms with van der Waals surface area (Å²) in [5.74, 6) is 0.0623. The van der Waals surface area contributed by atoms with Crippen molar-refractivity contribution in [2.45, 2.75) is 126 Å². The zero-order valence-electron chi connectivity index (χ0n) is 53.9. The molecule has 17 nitrogen and oxygen atoms in total. The fourth-order valence-corrected chi connectivity index (χ4v) is 10.3. The van der Waals surface area contributed by atoms with Crippen LogP contribution in [-0.4, -0.2) is 137 Å². The molecule has 0 fully saturated rings. The maximum absolute atomic E-state index is 12.2. The Hall–Kier alpha value is -4.78. The van der Waals surface area contributed by atoms with Crippen LogP contribution in [0.3, 0.4) is 0 Å². The number of aromatic nitrogens is 4. The summed E-state index contributed by atoms with van der Waals surface area (Å²) in [5, 5.41) is 21.8. The largest absolute Gasteiger partial charge is 0.444 e. The number of aromatic amines is 4. The van der Waals surface area contributed by atoms with Crippen LogP contribution in [0.2, 0.25) is 0 Å². The van der Waals surface area contributed by atoms with Gasteiger partial charge in [0.1, 0.15) is 11.2 Å². The topological polar surface area (TPSA) is 225 Å². The lowest BCUT2D eigenvalue weighted by Gasteiger charge is -2.27. The van der Waals surface area contributed by atoms with Gasteiger partial charge in [0.05, 0.1) is 5.69 Å². The van der Waals surface area contributed by atoms with Gasteiger partial charge in [-0.05, 0) is 186 Å². The molecule has 0 spiro atoms. The van der Waals surface area contributed by atoms with Crippen molar-refractivity contribution in [2.75, 3.05) is 78.5 Å². The van der Waals surface area contributed by atoms with Crippen LogP contribution in [0, 0.1) is 0 Å². The number of rotatable bonds is 22. The minimum Gasteiger partial charge on any atom is -0.444 e. The molecule has 8 rings (SSSR count). The number of fused-ring (bicyclic) bond motifs is 4. The van der Waals surface area contributed by atoms with Gasteiger partial charge in [-0.15, -0.1) is 12.4 Å². The quantitative estimate of drug-likeness (QED) is 0.0227.